The summed E-state index contributed by atoms with van der Waals surface area (Å²) in [5, 5.41) is 0.255. The lowest BCUT2D eigenvalue weighted by atomic mass is 9.83. The van der Waals surface area contributed by atoms with Gasteiger partial charge in [0.1, 0.15) is 18.2 Å². The molecule has 0 radical (unpaired) electrons. The van der Waals surface area contributed by atoms with Gasteiger partial charge < -0.3 is 19.8 Å². The lowest BCUT2D eigenvalue weighted by Crippen LogP contribution is -2.34. The number of imidazole rings is 1. The number of aromatic nitrogens is 3. The maximum atomic E-state index is 12.6. The SMILES string of the molecule is Cn1c(C2(C)CCS(=O)CC2)nc2ccc(Oc3ncc(Cl)cc3OCC(F)F)cc21.NC=O. The number of rotatable bonds is 6. The first-order valence-corrected chi connectivity index (χ1v) is 12.2. The fourth-order valence-electron chi connectivity index (χ4n) is 3.75. The maximum Gasteiger partial charge on any atom is 0.272 e. The Balaban J connectivity index is 0.00000103. The molecule has 1 saturated heterocycles. The molecule has 2 N–H and O–H groups in total. The number of carbonyl (C=O) groups is 1. The molecule has 0 bridgehead atoms. The van der Waals surface area contributed by atoms with Crippen LogP contribution in [0.4, 0.5) is 8.78 Å². The quantitative estimate of drug-likeness (QED) is 0.499. The zero-order valence-electron chi connectivity index (χ0n) is 18.7. The van der Waals surface area contributed by atoms with Crippen molar-refractivity contribution in [1.82, 2.24) is 14.5 Å². The molecule has 1 fully saturated rings. The molecule has 1 aliphatic heterocycles. The molecule has 3 heterocycles. The van der Waals surface area contributed by atoms with Crippen LogP contribution in [0.5, 0.6) is 17.4 Å². The predicted octanol–water partition coefficient (Wildman–Crippen LogP) is 3.96. The Kier molecular flexibility index (Phi) is 8.42. The highest BCUT2D eigenvalue weighted by atomic mass is 35.5. The van der Waals surface area contributed by atoms with Crippen molar-refractivity contribution in [2.24, 2.45) is 12.8 Å². The predicted molar refractivity (Wildman–Crippen MR) is 126 cm³/mol. The molecule has 1 amide bonds. The third-order valence-electron chi connectivity index (χ3n) is 5.52. The molecule has 2 aromatic heterocycles. The molecule has 4 rings (SSSR count). The topological polar surface area (TPSA) is 109 Å². The van der Waals surface area contributed by atoms with Gasteiger partial charge in [-0.05, 0) is 25.0 Å². The number of benzene rings is 1. The summed E-state index contributed by atoms with van der Waals surface area (Å²) in [6.45, 7) is 1.37. The zero-order chi connectivity index (χ0) is 24.9. The van der Waals surface area contributed by atoms with E-state index in [9.17, 15) is 13.0 Å². The molecule has 34 heavy (non-hydrogen) atoms. The number of hydrogen-bond acceptors (Lipinski definition) is 6. The molecule has 12 heteroatoms. The van der Waals surface area contributed by atoms with Crippen LogP contribution >= 0.6 is 11.6 Å². The minimum absolute atomic E-state index is 0.0429. The van der Waals surface area contributed by atoms with Crippen LogP contribution in [-0.4, -0.2) is 49.7 Å². The van der Waals surface area contributed by atoms with E-state index >= 15 is 0 Å². The normalized spacial score (nSPS) is 20.0. The number of nitrogens with two attached hydrogens (primary N) is 1. The minimum atomic E-state index is -2.63. The molecule has 0 spiro atoms. The van der Waals surface area contributed by atoms with E-state index in [2.05, 4.69) is 17.6 Å². The number of fused-ring (bicyclic) bond motifs is 1. The first-order chi connectivity index (χ1) is 16.2. The molecule has 0 unspecified atom stereocenters. The van der Waals surface area contributed by atoms with Gasteiger partial charge in [0.15, 0.2) is 5.75 Å². The molecular weight excluding hydrogens is 490 g/mol. The van der Waals surface area contributed by atoms with Gasteiger partial charge >= 0.3 is 0 Å². The largest absolute Gasteiger partial charge is 0.482 e. The number of hydrogen-bond donors (Lipinski definition) is 1. The molecule has 184 valence electrons. The number of amides is 1. The Morgan fingerprint density at radius 3 is 2.65 bits per heavy atom. The number of halogens is 3. The van der Waals surface area contributed by atoms with Crippen LogP contribution in [0.15, 0.2) is 30.5 Å². The summed E-state index contributed by atoms with van der Waals surface area (Å²) in [6.07, 6.45) is 0.620. The van der Waals surface area contributed by atoms with Crippen LogP contribution in [0.3, 0.4) is 0 Å². The Hall–Kier alpha value is -2.79. The van der Waals surface area contributed by atoms with Gasteiger partial charge in [0.2, 0.25) is 6.41 Å². The number of ether oxygens (including phenoxy) is 2. The van der Waals surface area contributed by atoms with Gasteiger partial charge in [-0.2, -0.15) is 0 Å². The highest BCUT2D eigenvalue weighted by Gasteiger charge is 2.35. The molecule has 0 aliphatic carbocycles. The van der Waals surface area contributed by atoms with E-state index in [0.29, 0.717) is 17.3 Å². The second-order valence-electron chi connectivity index (χ2n) is 7.95. The van der Waals surface area contributed by atoms with Gasteiger partial charge in [-0.1, -0.05) is 18.5 Å². The fourth-order valence-corrected chi connectivity index (χ4v) is 5.46. The summed E-state index contributed by atoms with van der Waals surface area (Å²) in [6, 6.07) is 6.79. The molecule has 1 aromatic carbocycles. The standard InChI is InChI=1S/C21H22ClF2N3O3S.CH3NO/c1-21(5-7-31(28)8-6-21)20-26-15-4-3-14(10-16(15)27(20)2)30-19-17(29-12-18(23)24)9-13(22)11-25-19;2-1-3/h3-4,9-11,18H,5-8,12H2,1-2H3;1H,(H2,2,3). The first-order valence-electron chi connectivity index (χ1n) is 10.4. The van der Waals surface area contributed by atoms with Crippen LogP contribution in [0.2, 0.25) is 5.02 Å². The Morgan fingerprint density at radius 2 is 2.00 bits per heavy atom. The van der Waals surface area contributed by atoms with Crippen molar-refractivity contribution in [3.8, 4) is 17.4 Å². The third kappa shape index (κ3) is 6.01. The van der Waals surface area contributed by atoms with Crippen LogP contribution in [0.25, 0.3) is 11.0 Å². The van der Waals surface area contributed by atoms with Gasteiger partial charge in [0, 0.05) is 53.1 Å². The van der Waals surface area contributed by atoms with E-state index in [1.807, 2.05) is 23.7 Å². The lowest BCUT2D eigenvalue weighted by molar-refractivity contribution is -0.106. The maximum absolute atomic E-state index is 12.6. The summed E-state index contributed by atoms with van der Waals surface area (Å²) < 4.78 is 49.9. The van der Waals surface area contributed by atoms with Crippen molar-refractivity contribution in [3.63, 3.8) is 0 Å². The highest BCUT2D eigenvalue weighted by molar-refractivity contribution is 7.85. The summed E-state index contributed by atoms with van der Waals surface area (Å²) in [4.78, 5) is 17.5. The van der Waals surface area contributed by atoms with Crippen LogP contribution in [0.1, 0.15) is 25.6 Å². The number of nitrogens with zero attached hydrogens (tertiary/aromatic N) is 3. The summed E-state index contributed by atoms with van der Waals surface area (Å²) >= 11 is 5.92. The molecule has 1 aliphatic rings. The van der Waals surface area contributed by atoms with E-state index in [-0.39, 0.29) is 28.5 Å². The summed E-state index contributed by atoms with van der Waals surface area (Å²) in [7, 11) is 1.20. The molecule has 3 aromatic rings. The number of pyridine rings is 1. The molecule has 0 saturated carbocycles. The van der Waals surface area contributed by atoms with Crippen molar-refractivity contribution >= 4 is 39.8 Å². The second kappa shape index (κ2) is 11.1. The Bertz CT molecular complexity index is 1180. The van der Waals surface area contributed by atoms with E-state index in [1.54, 1.807) is 6.07 Å². The molecule has 0 atom stereocenters. The van der Waals surface area contributed by atoms with Crippen molar-refractivity contribution in [3.05, 3.63) is 41.3 Å². The third-order valence-corrected chi connectivity index (χ3v) is 7.05. The zero-order valence-corrected chi connectivity index (χ0v) is 20.2. The smallest absolute Gasteiger partial charge is 0.272 e. The summed E-state index contributed by atoms with van der Waals surface area (Å²) in [5.74, 6) is 2.86. The number of primary amides is 1. The molecular formula is C22H25ClF2N4O4S. The minimum Gasteiger partial charge on any atom is -0.482 e. The van der Waals surface area contributed by atoms with Gasteiger partial charge in [0.05, 0.1) is 16.1 Å². The lowest BCUT2D eigenvalue weighted by Gasteiger charge is -2.32. The van der Waals surface area contributed by atoms with Crippen molar-refractivity contribution in [2.45, 2.75) is 31.6 Å². The average Bonchev–Trinajstić information content (AvgIpc) is 3.13. The molecule has 8 nitrogen and oxygen atoms in total. The van der Waals surface area contributed by atoms with E-state index < -0.39 is 23.8 Å². The number of alkyl halides is 2. The monoisotopic (exact) mass is 514 g/mol. The van der Waals surface area contributed by atoms with E-state index in [0.717, 1.165) is 29.7 Å². The Labute approximate surface area is 202 Å². The first kappa shape index (κ1) is 25.8. The number of aryl methyl sites for hydroxylation is 1. The van der Waals surface area contributed by atoms with Gasteiger partial charge in [-0.3, -0.25) is 9.00 Å². The average molecular weight is 515 g/mol. The van der Waals surface area contributed by atoms with E-state index in [4.69, 9.17) is 30.9 Å². The van der Waals surface area contributed by atoms with Crippen LogP contribution < -0.4 is 15.2 Å². The van der Waals surface area contributed by atoms with Crippen LogP contribution in [0, 0.1) is 0 Å². The van der Waals surface area contributed by atoms with Gasteiger partial charge in [-0.25, -0.2) is 18.7 Å². The van der Waals surface area contributed by atoms with Crippen molar-refractivity contribution in [2.75, 3.05) is 18.1 Å². The van der Waals surface area contributed by atoms with E-state index in [1.165, 1.54) is 12.3 Å². The number of carbonyl (C=O) groups excluding carboxylic acids is 1. The fraction of sp³-hybridized carbons (Fsp3) is 0.409. The van der Waals surface area contributed by atoms with Gasteiger partial charge in [0.25, 0.3) is 12.3 Å². The Morgan fingerprint density at radius 1 is 1.32 bits per heavy atom. The van der Waals surface area contributed by atoms with Crippen LogP contribution in [-0.2, 0) is 28.1 Å². The van der Waals surface area contributed by atoms with Gasteiger partial charge in [-0.15, -0.1) is 0 Å². The summed E-state index contributed by atoms with van der Waals surface area (Å²) in [5.41, 5.74) is 5.71. The highest BCUT2D eigenvalue weighted by Crippen LogP contribution is 2.37. The van der Waals surface area contributed by atoms with Crippen molar-refractivity contribution < 1.29 is 27.3 Å². The second-order valence-corrected chi connectivity index (χ2v) is 10.1. The van der Waals surface area contributed by atoms with Crippen molar-refractivity contribution in [1.29, 1.82) is 0 Å².